The van der Waals surface area contributed by atoms with Crippen LogP contribution in [0, 0.1) is 6.92 Å². The average molecular weight is 235 g/mol. The maximum Gasteiger partial charge on any atom is 0.249 e. The molecule has 5 nitrogen and oxygen atoms in total. The first-order valence-electron chi connectivity index (χ1n) is 5.46. The molecule has 1 aromatic rings. The number of hydrogen-bond acceptors (Lipinski definition) is 3. The van der Waals surface area contributed by atoms with Crippen LogP contribution < -0.4 is 16.4 Å². The average Bonchev–Trinajstić information content (AvgIpc) is 2.28. The minimum absolute atomic E-state index is 0.142. The van der Waals surface area contributed by atoms with Gasteiger partial charge in [0.1, 0.15) is 0 Å². The van der Waals surface area contributed by atoms with Crippen molar-refractivity contribution in [1.82, 2.24) is 5.32 Å². The second-order valence-electron chi connectivity index (χ2n) is 3.67. The van der Waals surface area contributed by atoms with Gasteiger partial charge >= 0.3 is 0 Å². The molecule has 2 amide bonds. The van der Waals surface area contributed by atoms with Crippen LogP contribution in [0.1, 0.15) is 22.8 Å². The van der Waals surface area contributed by atoms with Crippen molar-refractivity contribution in [3.05, 3.63) is 29.3 Å². The Hall–Kier alpha value is -1.88. The Morgan fingerprint density at radius 3 is 2.65 bits per heavy atom. The molecular formula is C12H17N3O2. The zero-order valence-electron chi connectivity index (χ0n) is 10.0. The number of carbonyl (C=O) groups excluding carboxylic acids is 2. The van der Waals surface area contributed by atoms with E-state index in [-0.39, 0.29) is 12.5 Å². The Morgan fingerprint density at radius 1 is 1.35 bits per heavy atom. The van der Waals surface area contributed by atoms with Crippen molar-refractivity contribution in [3.8, 4) is 0 Å². The number of amides is 2. The zero-order chi connectivity index (χ0) is 12.8. The van der Waals surface area contributed by atoms with Gasteiger partial charge in [0.25, 0.3) is 0 Å². The summed E-state index contributed by atoms with van der Waals surface area (Å²) in [6.45, 7) is 4.65. The molecule has 5 heteroatoms. The molecule has 0 atom stereocenters. The summed E-state index contributed by atoms with van der Waals surface area (Å²) < 4.78 is 0. The Morgan fingerprint density at radius 2 is 2.06 bits per heavy atom. The normalized spacial score (nSPS) is 10.0. The highest BCUT2D eigenvalue weighted by Gasteiger charge is 2.10. The molecule has 0 fully saturated rings. The molecule has 0 radical (unpaired) electrons. The van der Waals surface area contributed by atoms with Gasteiger partial charge in [-0.3, -0.25) is 9.59 Å². The topological polar surface area (TPSA) is 84.2 Å². The summed E-state index contributed by atoms with van der Waals surface area (Å²) in [4.78, 5) is 22.6. The number of nitrogens with one attached hydrogen (secondary N) is 2. The molecule has 0 aliphatic heterocycles. The van der Waals surface area contributed by atoms with Gasteiger partial charge in [-0.2, -0.15) is 0 Å². The highest BCUT2D eigenvalue weighted by Crippen LogP contribution is 2.18. The van der Waals surface area contributed by atoms with Crippen LogP contribution in [0.3, 0.4) is 0 Å². The van der Waals surface area contributed by atoms with E-state index >= 15 is 0 Å². The standard InChI is InChI=1S/C12H17N3O2/c1-3-14-7-11(16)15-10-6-4-5-9(8(10)2)12(13)17/h4-6,14H,3,7H2,1-2H3,(H2,13,17)(H,15,16). The number of rotatable bonds is 5. The third-order valence-corrected chi connectivity index (χ3v) is 2.41. The minimum atomic E-state index is -0.495. The second kappa shape index (κ2) is 6.00. The van der Waals surface area contributed by atoms with E-state index in [2.05, 4.69) is 10.6 Å². The summed E-state index contributed by atoms with van der Waals surface area (Å²) >= 11 is 0. The van der Waals surface area contributed by atoms with Crippen LogP contribution in [0.15, 0.2) is 18.2 Å². The lowest BCUT2D eigenvalue weighted by Crippen LogP contribution is -2.28. The molecule has 0 aliphatic carbocycles. The van der Waals surface area contributed by atoms with Gasteiger partial charge in [-0.1, -0.05) is 13.0 Å². The Labute approximate surface area is 100 Å². The third-order valence-electron chi connectivity index (χ3n) is 2.41. The van der Waals surface area contributed by atoms with E-state index in [4.69, 9.17) is 5.73 Å². The summed E-state index contributed by atoms with van der Waals surface area (Å²) in [5.41, 5.74) is 6.95. The number of anilines is 1. The summed E-state index contributed by atoms with van der Waals surface area (Å²) in [7, 11) is 0. The summed E-state index contributed by atoms with van der Waals surface area (Å²) in [6, 6.07) is 5.07. The van der Waals surface area contributed by atoms with E-state index in [9.17, 15) is 9.59 Å². The van der Waals surface area contributed by atoms with Crippen LogP contribution in [0.25, 0.3) is 0 Å². The fourth-order valence-corrected chi connectivity index (χ4v) is 1.47. The van der Waals surface area contributed by atoms with E-state index < -0.39 is 5.91 Å². The lowest BCUT2D eigenvalue weighted by Gasteiger charge is -2.10. The quantitative estimate of drug-likeness (QED) is 0.700. The highest BCUT2D eigenvalue weighted by atomic mass is 16.2. The molecule has 4 N–H and O–H groups in total. The molecule has 0 saturated carbocycles. The van der Waals surface area contributed by atoms with E-state index in [1.54, 1.807) is 25.1 Å². The molecule has 1 aromatic carbocycles. The molecule has 0 bridgehead atoms. The number of primary amides is 1. The summed E-state index contributed by atoms with van der Waals surface area (Å²) in [5, 5.41) is 5.65. The first-order chi connectivity index (χ1) is 8.06. The smallest absolute Gasteiger partial charge is 0.249 e. The number of likely N-dealkylation sites (N-methyl/N-ethyl adjacent to an activating group) is 1. The largest absolute Gasteiger partial charge is 0.366 e. The SMILES string of the molecule is CCNCC(=O)Nc1cccc(C(N)=O)c1C. The number of hydrogen-bond donors (Lipinski definition) is 3. The molecule has 0 spiro atoms. The van der Waals surface area contributed by atoms with Gasteiger partial charge in [-0.05, 0) is 31.2 Å². The van der Waals surface area contributed by atoms with Crippen LogP contribution in [-0.4, -0.2) is 24.9 Å². The van der Waals surface area contributed by atoms with Crippen molar-refractivity contribution in [3.63, 3.8) is 0 Å². The van der Waals surface area contributed by atoms with Crippen LogP contribution in [-0.2, 0) is 4.79 Å². The first-order valence-corrected chi connectivity index (χ1v) is 5.46. The van der Waals surface area contributed by atoms with Crippen molar-refractivity contribution in [2.45, 2.75) is 13.8 Å². The van der Waals surface area contributed by atoms with Crippen LogP contribution in [0.5, 0.6) is 0 Å². The highest BCUT2D eigenvalue weighted by molar-refractivity contribution is 5.98. The molecule has 0 saturated heterocycles. The van der Waals surface area contributed by atoms with Gasteiger partial charge in [-0.15, -0.1) is 0 Å². The van der Waals surface area contributed by atoms with E-state index in [1.165, 1.54) is 0 Å². The molecular weight excluding hydrogens is 218 g/mol. The van der Waals surface area contributed by atoms with Crippen molar-refractivity contribution in [1.29, 1.82) is 0 Å². The Balaban J connectivity index is 2.81. The summed E-state index contributed by atoms with van der Waals surface area (Å²) in [5.74, 6) is -0.637. The van der Waals surface area contributed by atoms with Gasteiger partial charge in [0.05, 0.1) is 6.54 Å². The number of carbonyl (C=O) groups is 2. The van der Waals surface area contributed by atoms with Crippen LogP contribution in [0.4, 0.5) is 5.69 Å². The fraction of sp³-hybridized carbons (Fsp3) is 0.333. The molecule has 0 aromatic heterocycles. The Kier molecular flexibility index (Phi) is 4.66. The van der Waals surface area contributed by atoms with Crippen molar-refractivity contribution in [2.75, 3.05) is 18.4 Å². The number of nitrogens with two attached hydrogens (primary N) is 1. The summed E-state index contributed by atoms with van der Waals surface area (Å²) in [6.07, 6.45) is 0. The van der Waals surface area contributed by atoms with Gasteiger partial charge in [-0.25, -0.2) is 0 Å². The maximum absolute atomic E-state index is 11.5. The molecule has 0 heterocycles. The minimum Gasteiger partial charge on any atom is -0.366 e. The number of benzene rings is 1. The molecule has 92 valence electrons. The van der Waals surface area contributed by atoms with E-state index in [0.717, 1.165) is 6.54 Å². The van der Waals surface area contributed by atoms with E-state index in [1.807, 2.05) is 6.92 Å². The lowest BCUT2D eigenvalue weighted by molar-refractivity contribution is -0.115. The molecule has 17 heavy (non-hydrogen) atoms. The Bertz CT molecular complexity index is 430. The van der Waals surface area contributed by atoms with E-state index in [0.29, 0.717) is 16.8 Å². The molecule has 0 aliphatic rings. The predicted molar refractivity (Wildman–Crippen MR) is 66.9 cm³/mol. The van der Waals surface area contributed by atoms with Gasteiger partial charge in [0.2, 0.25) is 11.8 Å². The van der Waals surface area contributed by atoms with Crippen LogP contribution >= 0.6 is 0 Å². The van der Waals surface area contributed by atoms with Crippen molar-refractivity contribution < 1.29 is 9.59 Å². The van der Waals surface area contributed by atoms with Gasteiger partial charge < -0.3 is 16.4 Å². The second-order valence-corrected chi connectivity index (χ2v) is 3.67. The van der Waals surface area contributed by atoms with Crippen molar-refractivity contribution in [2.24, 2.45) is 5.73 Å². The van der Waals surface area contributed by atoms with Crippen molar-refractivity contribution >= 4 is 17.5 Å². The monoisotopic (exact) mass is 235 g/mol. The maximum atomic E-state index is 11.5. The first kappa shape index (κ1) is 13.2. The molecule has 0 unspecified atom stereocenters. The zero-order valence-corrected chi connectivity index (χ0v) is 10.0. The predicted octanol–water partition coefficient (Wildman–Crippen LogP) is 0.642. The fourth-order valence-electron chi connectivity index (χ4n) is 1.47. The van der Waals surface area contributed by atoms with Gasteiger partial charge in [0, 0.05) is 11.3 Å². The molecule has 1 rings (SSSR count). The third kappa shape index (κ3) is 3.57. The van der Waals surface area contributed by atoms with Crippen LogP contribution in [0.2, 0.25) is 0 Å². The lowest BCUT2D eigenvalue weighted by atomic mass is 10.1. The van der Waals surface area contributed by atoms with Gasteiger partial charge in [0.15, 0.2) is 0 Å².